The summed E-state index contributed by atoms with van der Waals surface area (Å²) in [5.41, 5.74) is 0.756. The van der Waals surface area contributed by atoms with Crippen molar-refractivity contribution >= 4 is 11.9 Å². The van der Waals surface area contributed by atoms with Gasteiger partial charge in [0.25, 0.3) is 0 Å². The number of carbonyl (C=O) groups excluding carboxylic acids is 2. The van der Waals surface area contributed by atoms with E-state index >= 15 is 0 Å². The standard InChI is InChI=1S/C20H23N3O6/c1-2-26-18(25)8-7-17(24)23-9-3-4-14(11-23)20-22-21-19(29-20)13-5-6-15-16(10-13)28-12-27-15/h5-6,10,14H,2-4,7-9,11-12H2,1H3. The summed E-state index contributed by atoms with van der Waals surface area (Å²) in [4.78, 5) is 25.7. The van der Waals surface area contributed by atoms with Crippen LogP contribution < -0.4 is 9.47 Å². The second-order valence-corrected chi connectivity index (χ2v) is 7.00. The van der Waals surface area contributed by atoms with Crippen LogP contribution in [0.5, 0.6) is 11.5 Å². The Hall–Kier alpha value is -3.10. The lowest BCUT2D eigenvalue weighted by atomic mass is 9.97. The van der Waals surface area contributed by atoms with Gasteiger partial charge in [-0.05, 0) is 38.0 Å². The first-order chi connectivity index (χ1) is 14.1. The Morgan fingerprint density at radius 3 is 2.93 bits per heavy atom. The second kappa shape index (κ2) is 8.50. The van der Waals surface area contributed by atoms with Gasteiger partial charge in [-0.15, -0.1) is 10.2 Å². The maximum atomic E-state index is 12.4. The first-order valence-electron chi connectivity index (χ1n) is 9.81. The summed E-state index contributed by atoms with van der Waals surface area (Å²) in [5.74, 6) is 1.84. The van der Waals surface area contributed by atoms with Crippen LogP contribution in [-0.4, -0.2) is 53.5 Å². The van der Waals surface area contributed by atoms with Gasteiger partial charge in [0, 0.05) is 25.1 Å². The minimum Gasteiger partial charge on any atom is -0.466 e. The maximum Gasteiger partial charge on any atom is 0.306 e. The molecule has 1 atom stereocenters. The van der Waals surface area contributed by atoms with Crippen molar-refractivity contribution in [2.45, 2.75) is 38.5 Å². The number of hydrogen-bond donors (Lipinski definition) is 0. The Morgan fingerprint density at radius 1 is 1.21 bits per heavy atom. The smallest absolute Gasteiger partial charge is 0.306 e. The predicted octanol–water partition coefficient (Wildman–Crippen LogP) is 2.51. The number of likely N-dealkylation sites (tertiary alicyclic amines) is 1. The molecule has 0 spiro atoms. The van der Waals surface area contributed by atoms with Gasteiger partial charge in [0.15, 0.2) is 11.5 Å². The average molecular weight is 401 g/mol. The van der Waals surface area contributed by atoms with E-state index < -0.39 is 0 Å². The zero-order valence-corrected chi connectivity index (χ0v) is 16.3. The zero-order chi connectivity index (χ0) is 20.2. The molecule has 0 saturated carbocycles. The van der Waals surface area contributed by atoms with Crippen LogP contribution in [0.15, 0.2) is 22.6 Å². The molecule has 9 heteroatoms. The molecule has 1 unspecified atom stereocenters. The van der Waals surface area contributed by atoms with Gasteiger partial charge in [0.05, 0.1) is 18.9 Å². The summed E-state index contributed by atoms with van der Waals surface area (Å²) in [5, 5.41) is 8.36. The van der Waals surface area contributed by atoms with E-state index in [1.54, 1.807) is 11.8 Å². The van der Waals surface area contributed by atoms with Crippen LogP contribution in [-0.2, 0) is 14.3 Å². The number of carbonyl (C=O) groups is 2. The topological polar surface area (TPSA) is 104 Å². The van der Waals surface area contributed by atoms with Gasteiger partial charge in [-0.1, -0.05) is 0 Å². The highest BCUT2D eigenvalue weighted by Crippen LogP contribution is 2.36. The number of aromatic nitrogens is 2. The van der Waals surface area contributed by atoms with Crippen molar-refractivity contribution in [3.8, 4) is 23.0 Å². The van der Waals surface area contributed by atoms with Crippen LogP contribution in [0.2, 0.25) is 0 Å². The Balaban J connectivity index is 1.39. The molecule has 9 nitrogen and oxygen atoms in total. The van der Waals surface area contributed by atoms with Crippen molar-refractivity contribution in [3.63, 3.8) is 0 Å². The van der Waals surface area contributed by atoms with Gasteiger partial charge in [-0.3, -0.25) is 9.59 Å². The molecule has 2 aromatic rings. The van der Waals surface area contributed by atoms with Crippen molar-refractivity contribution in [1.82, 2.24) is 15.1 Å². The van der Waals surface area contributed by atoms with Gasteiger partial charge in [-0.2, -0.15) is 0 Å². The number of fused-ring (bicyclic) bond motifs is 1. The lowest BCUT2D eigenvalue weighted by Crippen LogP contribution is -2.39. The monoisotopic (exact) mass is 401 g/mol. The number of benzene rings is 1. The summed E-state index contributed by atoms with van der Waals surface area (Å²) in [7, 11) is 0. The highest BCUT2D eigenvalue weighted by molar-refractivity contribution is 5.81. The molecule has 0 aliphatic carbocycles. The van der Waals surface area contributed by atoms with E-state index in [1.165, 1.54) is 0 Å². The fourth-order valence-electron chi connectivity index (χ4n) is 3.55. The van der Waals surface area contributed by atoms with Crippen LogP contribution in [0.3, 0.4) is 0 Å². The van der Waals surface area contributed by atoms with E-state index in [-0.39, 0.29) is 37.4 Å². The Bertz CT molecular complexity index is 896. The van der Waals surface area contributed by atoms with Gasteiger partial charge in [0.1, 0.15) is 0 Å². The van der Waals surface area contributed by atoms with Gasteiger partial charge in [-0.25, -0.2) is 0 Å². The molecule has 1 saturated heterocycles. The van der Waals surface area contributed by atoms with Gasteiger partial charge >= 0.3 is 5.97 Å². The van der Waals surface area contributed by atoms with Crippen molar-refractivity contribution in [3.05, 3.63) is 24.1 Å². The van der Waals surface area contributed by atoms with Crippen molar-refractivity contribution < 1.29 is 28.2 Å². The van der Waals surface area contributed by atoms with E-state index in [2.05, 4.69) is 10.2 Å². The lowest BCUT2D eigenvalue weighted by Gasteiger charge is -2.31. The normalized spacial score (nSPS) is 18.0. The Kier molecular flexibility index (Phi) is 5.64. The van der Waals surface area contributed by atoms with Crippen LogP contribution in [0.4, 0.5) is 0 Å². The molecular formula is C20H23N3O6. The number of ether oxygens (including phenoxy) is 3. The van der Waals surface area contributed by atoms with Crippen LogP contribution in [0, 0.1) is 0 Å². The van der Waals surface area contributed by atoms with E-state index in [1.807, 2.05) is 18.2 Å². The molecule has 4 rings (SSSR count). The first-order valence-corrected chi connectivity index (χ1v) is 9.81. The summed E-state index contributed by atoms with van der Waals surface area (Å²) < 4.78 is 21.5. The van der Waals surface area contributed by atoms with E-state index in [9.17, 15) is 9.59 Å². The molecule has 1 aromatic heterocycles. The average Bonchev–Trinajstić information content (AvgIpc) is 3.41. The third-order valence-corrected chi connectivity index (χ3v) is 5.03. The third-order valence-electron chi connectivity index (χ3n) is 5.03. The number of rotatable bonds is 6. The molecule has 1 fully saturated rings. The molecule has 0 N–H and O–H groups in total. The number of nitrogens with zero attached hydrogens (tertiary/aromatic N) is 3. The Labute approximate surface area is 167 Å². The zero-order valence-electron chi connectivity index (χ0n) is 16.3. The van der Waals surface area contributed by atoms with Crippen molar-refractivity contribution in [1.29, 1.82) is 0 Å². The molecule has 29 heavy (non-hydrogen) atoms. The summed E-state index contributed by atoms with van der Waals surface area (Å²) >= 11 is 0. The fourth-order valence-corrected chi connectivity index (χ4v) is 3.55. The maximum absolute atomic E-state index is 12.4. The second-order valence-electron chi connectivity index (χ2n) is 7.00. The molecule has 0 radical (unpaired) electrons. The molecule has 2 aliphatic heterocycles. The lowest BCUT2D eigenvalue weighted by molar-refractivity contribution is -0.146. The highest BCUT2D eigenvalue weighted by Gasteiger charge is 2.29. The van der Waals surface area contributed by atoms with Crippen LogP contribution in [0.1, 0.15) is 44.4 Å². The Morgan fingerprint density at radius 2 is 2.07 bits per heavy atom. The van der Waals surface area contributed by atoms with Gasteiger partial charge < -0.3 is 23.5 Å². The van der Waals surface area contributed by atoms with Crippen LogP contribution >= 0.6 is 0 Å². The predicted molar refractivity (Wildman–Crippen MR) is 100 cm³/mol. The van der Waals surface area contributed by atoms with Crippen LogP contribution in [0.25, 0.3) is 11.5 Å². The molecule has 154 valence electrons. The molecule has 3 heterocycles. The molecular weight excluding hydrogens is 378 g/mol. The van der Waals surface area contributed by atoms with E-state index in [0.29, 0.717) is 43.0 Å². The third kappa shape index (κ3) is 4.33. The number of esters is 1. The first kappa shape index (κ1) is 19.2. The van der Waals surface area contributed by atoms with E-state index in [0.717, 1.165) is 18.4 Å². The molecule has 2 aliphatic rings. The quantitative estimate of drug-likeness (QED) is 0.680. The van der Waals surface area contributed by atoms with Crippen molar-refractivity contribution in [2.75, 3.05) is 26.5 Å². The highest BCUT2D eigenvalue weighted by atomic mass is 16.7. The molecule has 1 aromatic carbocycles. The van der Waals surface area contributed by atoms with E-state index in [4.69, 9.17) is 18.6 Å². The summed E-state index contributed by atoms with van der Waals surface area (Å²) in [6, 6.07) is 5.47. The minimum absolute atomic E-state index is 0.0226. The number of hydrogen-bond acceptors (Lipinski definition) is 8. The minimum atomic E-state index is -0.348. The molecule has 0 bridgehead atoms. The number of piperidine rings is 1. The van der Waals surface area contributed by atoms with Crippen molar-refractivity contribution in [2.24, 2.45) is 0 Å². The molecule has 1 amide bonds. The fraction of sp³-hybridized carbons (Fsp3) is 0.500. The van der Waals surface area contributed by atoms with Gasteiger partial charge in [0.2, 0.25) is 24.5 Å². The summed E-state index contributed by atoms with van der Waals surface area (Å²) in [6.07, 6.45) is 1.96. The SMILES string of the molecule is CCOC(=O)CCC(=O)N1CCCC(c2nnc(-c3ccc4c(c3)OCO4)o2)C1. The largest absolute Gasteiger partial charge is 0.466 e. The number of amides is 1. The summed E-state index contributed by atoms with van der Waals surface area (Å²) in [6.45, 7) is 3.45.